The van der Waals surface area contributed by atoms with Gasteiger partial charge in [-0.1, -0.05) is 20.8 Å². The van der Waals surface area contributed by atoms with Gasteiger partial charge in [-0.15, -0.1) is 11.8 Å². The third kappa shape index (κ3) is 3.50. The number of halogens is 1. The molecule has 0 aromatic carbocycles. The van der Waals surface area contributed by atoms with Gasteiger partial charge in [-0.2, -0.15) is 11.8 Å². The third-order valence-electron chi connectivity index (χ3n) is 3.17. The highest BCUT2D eigenvalue weighted by Gasteiger charge is 2.30. The lowest BCUT2D eigenvalue weighted by molar-refractivity contribution is 0.721. The standard InChI is InChI=1S/C13H20IN3S2/c1-4-8-11(19-6-5-18-8)13-16-10(7(2)3)9(14)12(15)17-13/h7-8,11H,4-6H2,1-3H3,(H2,15,16,17). The van der Waals surface area contributed by atoms with E-state index in [-0.39, 0.29) is 0 Å². The topological polar surface area (TPSA) is 51.8 Å². The average molecular weight is 409 g/mol. The van der Waals surface area contributed by atoms with Crippen molar-refractivity contribution in [2.75, 3.05) is 17.2 Å². The molecule has 0 radical (unpaired) electrons. The molecule has 2 atom stereocenters. The van der Waals surface area contributed by atoms with Crippen LogP contribution in [0, 0.1) is 3.57 Å². The summed E-state index contributed by atoms with van der Waals surface area (Å²) < 4.78 is 1.01. The van der Waals surface area contributed by atoms with Crippen molar-refractivity contribution in [2.45, 2.75) is 43.6 Å². The maximum atomic E-state index is 6.08. The highest BCUT2D eigenvalue weighted by atomic mass is 127. The van der Waals surface area contributed by atoms with E-state index in [1.807, 2.05) is 23.5 Å². The predicted molar refractivity (Wildman–Crippen MR) is 95.0 cm³/mol. The fourth-order valence-corrected chi connectivity index (χ4v) is 6.01. The van der Waals surface area contributed by atoms with Crippen molar-refractivity contribution in [1.29, 1.82) is 0 Å². The molecule has 1 saturated heterocycles. The predicted octanol–water partition coefficient (Wildman–Crippen LogP) is 4.09. The lowest BCUT2D eigenvalue weighted by Crippen LogP contribution is -2.22. The van der Waals surface area contributed by atoms with E-state index < -0.39 is 0 Å². The first-order valence-electron chi connectivity index (χ1n) is 6.60. The van der Waals surface area contributed by atoms with E-state index in [0.29, 0.717) is 22.2 Å². The summed E-state index contributed by atoms with van der Waals surface area (Å²) in [6.07, 6.45) is 1.16. The van der Waals surface area contributed by atoms with Gasteiger partial charge in [0.2, 0.25) is 0 Å². The van der Waals surface area contributed by atoms with Crippen LogP contribution in [0.1, 0.15) is 49.9 Å². The third-order valence-corrected chi connectivity index (χ3v) is 7.52. The van der Waals surface area contributed by atoms with Crippen LogP contribution < -0.4 is 5.73 Å². The first-order chi connectivity index (χ1) is 9.04. The molecule has 106 valence electrons. The van der Waals surface area contributed by atoms with E-state index in [2.05, 4.69) is 48.3 Å². The van der Waals surface area contributed by atoms with Gasteiger partial charge in [0.1, 0.15) is 11.6 Å². The van der Waals surface area contributed by atoms with Crippen LogP contribution in [0.5, 0.6) is 0 Å². The molecule has 19 heavy (non-hydrogen) atoms. The number of anilines is 1. The normalized spacial score (nSPS) is 23.8. The second-order valence-corrected chi connectivity index (χ2v) is 8.61. The number of thioether (sulfide) groups is 2. The van der Waals surface area contributed by atoms with Gasteiger partial charge >= 0.3 is 0 Å². The molecular weight excluding hydrogens is 389 g/mol. The molecule has 2 rings (SSSR count). The lowest BCUT2D eigenvalue weighted by Gasteiger charge is -2.29. The largest absolute Gasteiger partial charge is 0.383 e. The molecule has 2 heterocycles. The van der Waals surface area contributed by atoms with E-state index in [1.165, 1.54) is 11.5 Å². The lowest BCUT2D eigenvalue weighted by atomic mass is 10.1. The van der Waals surface area contributed by atoms with Crippen molar-refractivity contribution < 1.29 is 0 Å². The number of aromatic nitrogens is 2. The second-order valence-electron chi connectivity index (χ2n) is 4.93. The summed E-state index contributed by atoms with van der Waals surface area (Å²) in [7, 11) is 0. The summed E-state index contributed by atoms with van der Waals surface area (Å²) in [6, 6.07) is 0. The number of hydrogen-bond acceptors (Lipinski definition) is 5. The fraction of sp³-hybridized carbons (Fsp3) is 0.692. The molecule has 0 aliphatic carbocycles. The van der Waals surface area contributed by atoms with Crippen LogP contribution in [0.2, 0.25) is 0 Å². The van der Waals surface area contributed by atoms with Gasteiger partial charge in [0.25, 0.3) is 0 Å². The smallest absolute Gasteiger partial charge is 0.145 e. The minimum atomic E-state index is 0.386. The van der Waals surface area contributed by atoms with E-state index in [0.717, 1.165) is 21.5 Å². The minimum Gasteiger partial charge on any atom is -0.383 e. The van der Waals surface area contributed by atoms with Crippen molar-refractivity contribution in [2.24, 2.45) is 0 Å². The van der Waals surface area contributed by atoms with Crippen LogP contribution in [0.25, 0.3) is 0 Å². The molecule has 0 bridgehead atoms. The summed E-state index contributed by atoms with van der Waals surface area (Å²) in [4.78, 5) is 9.38. The van der Waals surface area contributed by atoms with Crippen molar-refractivity contribution in [1.82, 2.24) is 9.97 Å². The Morgan fingerprint density at radius 1 is 1.32 bits per heavy atom. The number of hydrogen-bond donors (Lipinski definition) is 1. The number of rotatable bonds is 3. The molecular formula is C13H20IN3S2. The zero-order valence-corrected chi connectivity index (χ0v) is 15.3. The van der Waals surface area contributed by atoms with Gasteiger partial charge < -0.3 is 5.73 Å². The highest BCUT2D eigenvalue weighted by Crippen LogP contribution is 2.43. The van der Waals surface area contributed by atoms with Gasteiger partial charge in [-0.3, -0.25) is 0 Å². The molecule has 2 N–H and O–H groups in total. The van der Waals surface area contributed by atoms with Crippen LogP contribution in [0.15, 0.2) is 0 Å². The molecule has 2 unspecified atom stereocenters. The van der Waals surface area contributed by atoms with Crippen LogP contribution >= 0.6 is 46.1 Å². The number of nitrogens with zero attached hydrogens (tertiary/aromatic N) is 2. The Bertz CT molecular complexity index is 454. The summed E-state index contributed by atoms with van der Waals surface area (Å²) in [5.41, 5.74) is 7.17. The van der Waals surface area contributed by atoms with Crippen molar-refractivity contribution >= 4 is 51.9 Å². The van der Waals surface area contributed by atoms with Gasteiger partial charge in [0.15, 0.2) is 0 Å². The van der Waals surface area contributed by atoms with Crippen molar-refractivity contribution in [3.63, 3.8) is 0 Å². The Labute approximate surface area is 137 Å². The number of nitrogens with two attached hydrogens (primary N) is 1. The summed E-state index contributed by atoms with van der Waals surface area (Å²) >= 11 is 6.29. The van der Waals surface area contributed by atoms with Crippen LogP contribution in [0.4, 0.5) is 5.82 Å². The quantitative estimate of drug-likeness (QED) is 0.763. The van der Waals surface area contributed by atoms with Gasteiger partial charge in [-0.05, 0) is 34.9 Å². The highest BCUT2D eigenvalue weighted by molar-refractivity contribution is 14.1. The Morgan fingerprint density at radius 2 is 2.00 bits per heavy atom. The maximum Gasteiger partial charge on any atom is 0.145 e. The first kappa shape index (κ1) is 15.7. The fourth-order valence-electron chi connectivity index (χ4n) is 2.15. The molecule has 0 spiro atoms. The van der Waals surface area contributed by atoms with Crippen molar-refractivity contribution in [3.05, 3.63) is 15.1 Å². The summed E-state index contributed by atoms with van der Waals surface area (Å²) in [5, 5.41) is 0.999. The molecule has 1 aromatic rings. The van der Waals surface area contributed by atoms with Gasteiger partial charge in [0, 0.05) is 16.8 Å². The summed E-state index contributed by atoms with van der Waals surface area (Å²) in [6.45, 7) is 6.57. The maximum absolute atomic E-state index is 6.08. The van der Waals surface area contributed by atoms with E-state index in [9.17, 15) is 0 Å². The molecule has 3 nitrogen and oxygen atoms in total. The number of nitrogen functional groups attached to an aromatic ring is 1. The molecule has 1 aromatic heterocycles. The summed E-state index contributed by atoms with van der Waals surface area (Å²) in [5.74, 6) is 4.37. The Hall–Kier alpha value is 0.310. The zero-order chi connectivity index (χ0) is 14.0. The molecule has 0 saturated carbocycles. The first-order valence-corrected chi connectivity index (χ1v) is 9.78. The van der Waals surface area contributed by atoms with E-state index >= 15 is 0 Å². The Morgan fingerprint density at radius 3 is 2.63 bits per heavy atom. The average Bonchev–Trinajstić information content (AvgIpc) is 2.41. The van der Waals surface area contributed by atoms with Crippen LogP contribution in [-0.2, 0) is 0 Å². The molecule has 6 heteroatoms. The molecule has 0 amide bonds. The van der Waals surface area contributed by atoms with Gasteiger partial charge in [-0.25, -0.2) is 9.97 Å². The van der Waals surface area contributed by atoms with E-state index in [4.69, 9.17) is 10.7 Å². The van der Waals surface area contributed by atoms with Crippen LogP contribution in [-0.4, -0.2) is 26.7 Å². The Balaban J connectivity index is 2.38. The zero-order valence-electron chi connectivity index (χ0n) is 11.5. The molecule has 1 fully saturated rings. The minimum absolute atomic E-state index is 0.386. The second kappa shape index (κ2) is 6.85. The van der Waals surface area contributed by atoms with E-state index in [1.54, 1.807) is 0 Å². The SMILES string of the molecule is CCC1SCCSC1c1nc(N)c(I)c(C(C)C)n1. The van der Waals surface area contributed by atoms with Crippen molar-refractivity contribution in [3.8, 4) is 0 Å². The molecule has 1 aliphatic heterocycles. The monoisotopic (exact) mass is 409 g/mol. The molecule has 1 aliphatic rings. The van der Waals surface area contributed by atoms with Crippen LogP contribution in [0.3, 0.4) is 0 Å². The van der Waals surface area contributed by atoms with Gasteiger partial charge in [0.05, 0.1) is 14.5 Å². The Kier molecular flexibility index (Phi) is 5.65.